The van der Waals surface area contributed by atoms with Crippen molar-refractivity contribution in [1.29, 1.82) is 0 Å². The van der Waals surface area contributed by atoms with Crippen LogP contribution in [-0.4, -0.2) is 55.0 Å². The highest BCUT2D eigenvalue weighted by atomic mass is 79.9. The molecule has 1 aromatic carbocycles. The van der Waals surface area contributed by atoms with Crippen molar-refractivity contribution in [3.05, 3.63) is 28.7 Å². The number of amidine groups is 1. The summed E-state index contributed by atoms with van der Waals surface area (Å²) >= 11 is 4.79. The highest BCUT2D eigenvalue weighted by Gasteiger charge is 2.49. The minimum Gasteiger partial charge on any atom is -0.368 e. The molecule has 3 saturated heterocycles. The molecule has 0 aromatic heterocycles. The molecule has 3 heterocycles. The molecule has 6 nitrogen and oxygen atoms in total. The lowest BCUT2D eigenvalue weighted by Gasteiger charge is -2.24. The normalized spacial score (nSPS) is 32.3. The van der Waals surface area contributed by atoms with Gasteiger partial charge in [0, 0.05) is 22.0 Å². The van der Waals surface area contributed by atoms with Crippen molar-refractivity contribution in [2.45, 2.75) is 30.2 Å². The zero-order chi connectivity index (χ0) is 17.6. The predicted molar refractivity (Wildman–Crippen MR) is 102 cm³/mol. The summed E-state index contributed by atoms with van der Waals surface area (Å²) in [7, 11) is -3.06. The molecule has 9 heteroatoms. The Balaban J connectivity index is 1.68. The van der Waals surface area contributed by atoms with Crippen molar-refractivity contribution in [3.63, 3.8) is 0 Å². The Kier molecular flexibility index (Phi) is 4.68. The SMILES string of the molecule is O=C(N=C1S[C@H]2CS(=O)(=O)C[C@@H]2N1c1ccc(Br)cc1)[C@@H]1CCCO1. The maximum Gasteiger partial charge on any atom is 0.277 e. The number of halogens is 1. The van der Waals surface area contributed by atoms with Crippen molar-refractivity contribution in [1.82, 2.24) is 0 Å². The number of hydrogen-bond donors (Lipinski definition) is 0. The number of amides is 1. The number of sulfone groups is 1. The summed E-state index contributed by atoms with van der Waals surface area (Å²) in [6, 6.07) is 7.42. The van der Waals surface area contributed by atoms with Gasteiger partial charge in [0.05, 0.1) is 17.5 Å². The first kappa shape index (κ1) is 17.5. The minimum atomic E-state index is -3.06. The van der Waals surface area contributed by atoms with Gasteiger partial charge in [0.1, 0.15) is 6.10 Å². The molecule has 3 atom stereocenters. The molecule has 0 radical (unpaired) electrons. The Bertz CT molecular complexity index is 819. The molecule has 0 saturated carbocycles. The van der Waals surface area contributed by atoms with Crippen molar-refractivity contribution in [2.24, 2.45) is 4.99 Å². The van der Waals surface area contributed by atoms with Gasteiger partial charge in [0.2, 0.25) is 0 Å². The van der Waals surface area contributed by atoms with Crippen LogP contribution in [-0.2, 0) is 19.4 Å². The van der Waals surface area contributed by atoms with Crippen LogP contribution in [0.1, 0.15) is 12.8 Å². The van der Waals surface area contributed by atoms with Gasteiger partial charge >= 0.3 is 0 Å². The lowest BCUT2D eigenvalue weighted by atomic mass is 10.2. The number of aliphatic imine (C=N–C) groups is 1. The Morgan fingerprint density at radius 1 is 1.28 bits per heavy atom. The molecule has 25 heavy (non-hydrogen) atoms. The van der Waals surface area contributed by atoms with E-state index >= 15 is 0 Å². The summed E-state index contributed by atoms with van der Waals surface area (Å²) in [5.74, 6) is -0.0546. The fraction of sp³-hybridized carbons (Fsp3) is 0.500. The van der Waals surface area contributed by atoms with Gasteiger partial charge in [-0.2, -0.15) is 4.99 Å². The molecule has 0 unspecified atom stereocenters. The van der Waals surface area contributed by atoms with E-state index in [2.05, 4.69) is 20.9 Å². The van der Waals surface area contributed by atoms with E-state index in [4.69, 9.17) is 4.74 Å². The smallest absolute Gasteiger partial charge is 0.277 e. The number of thioether (sulfide) groups is 1. The van der Waals surface area contributed by atoms with E-state index in [0.29, 0.717) is 18.2 Å². The predicted octanol–water partition coefficient (Wildman–Crippen LogP) is 2.23. The van der Waals surface area contributed by atoms with E-state index in [1.165, 1.54) is 11.8 Å². The average Bonchev–Trinajstić information content (AvgIpc) is 3.23. The average molecular weight is 445 g/mol. The Morgan fingerprint density at radius 3 is 2.72 bits per heavy atom. The Morgan fingerprint density at radius 2 is 2.04 bits per heavy atom. The molecular weight excluding hydrogens is 428 g/mol. The van der Waals surface area contributed by atoms with E-state index in [9.17, 15) is 13.2 Å². The summed E-state index contributed by atoms with van der Waals surface area (Å²) in [4.78, 5) is 18.6. The van der Waals surface area contributed by atoms with E-state index < -0.39 is 15.9 Å². The van der Waals surface area contributed by atoms with Crippen molar-refractivity contribution < 1.29 is 17.9 Å². The molecule has 3 aliphatic heterocycles. The lowest BCUT2D eigenvalue weighted by molar-refractivity contribution is -0.126. The molecular formula is C16H17BrN2O4S2. The first-order valence-electron chi connectivity index (χ1n) is 8.09. The zero-order valence-corrected chi connectivity index (χ0v) is 16.5. The van der Waals surface area contributed by atoms with Crippen molar-refractivity contribution in [2.75, 3.05) is 23.0 Å². The summed E-state index contributed by atoms with van der Waals surface area (Å²) in [5.41, 5.74) is 0.846. The summed E-state index contributed by atoms with van der Waals surface area (Å²) < 4.78 is 30.4. The molecule has 0 N–H and O–H groups in total. The van der Waals surface area contributed by atoms with Gasteiger partial charge in [-0.25, -0.2) is 8.42 Å². The van der Waals surface area contributed by atoms with Gasteiger partial charge in [-0.05, 0) is 37.1 Å². The molecule has 0 bridgehead atoms. The first-order chi connectivity index (χ1) is 11.9. The van der Waals surface area contributed by atoms with E-state index in [1.807, 2.05) is 29.2 Å². The van der Waals surface area contributed by atoms with Gasteiger partial charge < -0.3 is 9.64 Å². The largest absolute Gasteiger partial charge is 0.368 e. The number of rotatable bonds is 2. The molecule has 1 aromatic rings. The Labute approximate surface area is 159 Å². The molecule has 4 rings (SSSR count). The summed E-state index contributed by atoms with van der Waals surface area (Å²) in [6.45, 7) is 0.592. The van der Waals surface area contributed by atoms with E-state index in [1.54, 1.807) is 0 Å². The van der Waals surface area contributed by atoms with Crippen LogP contribution in [0.5, 0.6) is 0 Å². The molecule has 1 amide bonds. The van der Waals surface area contributed by atoms with Crippen LogP contribution in [0, 0.1) is 0 Å². The molecule has 0 aliphatic carbocycles. The van der Waals surface area contributed by atoms with Gasteiger partial charge in [0.25, 0.3) is 5.91 Å². The zero-order valence-electron chi connectivity index (χ0n) is 13.3. The highest BCUT2D eigenvalue weighted by molar-refractivity contribution is 9.10. The fourth-order valence-electron chi connectivity index (χ4n) is 3.41. The summed E-state index contributed by atoms with van der Waals surface area (Å²) in [5, 5.41) is 0.484. The van der Waals surface area contributed by atoms with Crippen LogP contribution < -0.4 is 4.90 Å². The van der Waals surface area contributed by atoms with Crippen LogP contribution in [0.15, 0.2) is 33.7 Å². The van der Waals surface area contributed by atoms with Crippen LogP contribution in [0.3, 0.4) is 0 Å². The second-order valence-electron chi connectivity index (χ2n) is 6.38. The third kappa shape index (κ3) is 3.51. The van der Waals surface area contributed by atoms with E-state index in [0.717, 1.165) is 16.6 Å². The van der Waals surface area contributed by atoms with Crippen molar-refractivity contribution >= 4 is 54.3 Å². The van der Waals surface area contributed by atoms with Gasteiger partial charge in [0.15, 0.2) is 15.0 Å². The molecule has 3 aliphatic rings. The number of carbonyl (C=O) groups is 1. The molecule has 3 fully saturated rings. The highest BCUT2D eigenvalue weighted by Crippen LogP contribution is 2.41. The van der Waals surface area contributed by atoms with Gasteiger partial charge in [-0.15, -0.1) is 0 Å². The van der Waals surface area contributed by atoms with Crippen LogP contribution >= 0.6 is 27.7 Å². The third-order valence-electron chi connectivity index (χ3n) is 4.58. The maximum absolute atomic E-state index is 12.4. The number of benzene rings is 1. The quantitative estimate of drug-likeness (QED) is 0.695. The van der Waals surface area contributed by atoms with Crippen LogP contribution in [0.2, 0.25) is 0 Å². The van der Waals surface area contributed by atoms with Crippen molar-refractivity contribution in [3.8, 4) is 0 Å². The third-order valence-corrected chi connectivity index (χ3v) is 8.32. The number of carbonyl (C=O) groups excluding carboxylic acids is 1. The van der Waals surface area contributed by atoms with E-state index in [-0.39, 0.29) is 28.7 Å². The second kappa shape index (κ2) is 6.68. The van der Waals surface area contributed by atoms with Gasteiger partial charge in [-0.3, -0.25) is 4.79 Å². The fourth-order valence-corrected chi connectivity index (χ4v) is 7.59. The topological polar surface area (TPSA) is 76.0 Å². The maximum atomic E-state index is 12.4. The summed E-state index contributed by atoms with van der Waals surface area (Å²) in [6.07, 6.45) is 1.10. The van der Waals surface area contributed by atoms with Gasteiger partial charge in [-0.1, -0.05) is 27.7 Å². The molecule has 134 valence electrons. The lowest BCUT2D eigenvalue weighted by Crippen LogP contribution is -2.38. The molecule has 0 spiro atoms. The second-order valence-corrected chi connectivity index (χ2v) is 10.7. The van der Waals surface area contributed by atoms with Crippen LogP contribution in [0.4, 0.5) is 5.69 Å². The van der Waals surface area contributed by atoms with Crippen LogP contribution in [0.25, 0.3) is 0 Å². The number of fused-ring (bicyclic) bond motifs is 1. The standard InChI is InChI=1S/C16H17BrN2O4S2/c17-10-3-5-11(6-4-10)19-12-8-25(21,22)9-14(12)24-16(19)18-15(20)13-2-1-7-23-13/h3-6,12-14H,1-2,7-9H2/t12-,13-,14-/m0/s1. The Hall–Kier alpha value is -0.900. The minimum absolute atomic E-state index is 0.0911. The number of nitrogens with zero attached hydrogens (tertiary/aromatic N) is 2. The first-order valence-corrected chi connectivity index (χ1v) is 11.6. The number of ether oxygens (including phenoxy) is 1. The monoisotopic (exact) mass is 444 g/mol. The number of hydrogen-bond acceptors (Lipinski definition) is 5. The number of anilines is 1.